The first kappa shape index (κ1) is 24.0. The quantitative estimate of drug-likeness (QED) is 0.393. The van der Waals surface area contributed by atoms with Crippen LogP contribution in [0.25, 0.3) is 16.9 Å². The predicted molar refractivity (Wildman–Crippen MR) is 147 cm³/mol. The van der Waals surface area contributed by atoms with Crippen molar-refractivity contribution in [2.75, 3.05) is 69.3 Å². The van der Waals surface area contributed by atoms with Crippen molar-refractivity contribution in [1.82, 2.24) is 29.3 Å². The van der Waals surface area contributed by atoms with Crippen LogP contribution in [0.15, 0.2) is 54.7 Å². The number of benzene rings is 1. The molecule has 1 saturated heterocycles. The predicted octanol–water partition coefficient (Wildman–Crippen LogP) is 3.39. The maximum Gasteiger partial charge on any atom is 0.229 e. The highest BCUT2D eigenvalue weighted by atomic mass is 15.3. The zero-order valence-electron chi connectivity index (χ0n) is 21.4. The minimum absolute atomic E-state index is 0.485. The average molecular weight is 486 g/mol. The number of anilines is 4. The molecule has 3 aromatic heterocycles. The molecule has 188 valence electrons. The minimum Gasteiger partial charge on any atom is -0.384 e. The van der Waals surface area contributed by atoms with E-state index in [1.807, 2.05) is 18.3 Å². The summed E-state index contributed by atoms with van der Waals surface area (Å²) in [5, 5.41) is 4.34. The van der Waals surface area contributed by atoms with E-state index in [-0.39, 0.29) is 0 Å². The molecular formula is C27H35N9. The first-order valence-electron chi connectivity index (χ1n) is 12.6. The van der Waals surface area contributed by atoms with Crippen molar-refractivity contribution in [3.8, 4) is 5.82 Å². The zero-order chi connectivity index (χ0) is 25.1. The SMILES string of the molecule is CCc1cc2cnc(Nc3ccc(N4CCN(CCN(C)C)CC4)cc3)nc2n1-c1cccc(N)n1. The molecule has 9 nitrogen and oxygen atoms in total. The van der Waals surface area contributed by atoms with Gasteiger partial charge in [0.05, 0.1) is 0 Å². The fourth-order valence-corrected chi connectivity index (χ4v) is 4.64. The van der Waals surface area contributed by atoms with Gasteiger partial charge in [0, 0.05) is 67.9 Å². The molecule has 9 heteroatoms. The summed E-state index contributed by atoms with van der Waals surface area (Å²) in [7, 11) is 4.26. The number of aromatic nitrogens is 4. The van der Waals surface area contributed by atoms with Crippen LogP contribution in [-0.4, -0.2) is 82.7 Å². The smallest absolute Gasteiger partial charge is 0.229 e. The summed E-state index contributed by atoms with van der Waals surface area (Å²) < 4.78 is 2.06. The summed E-state index contributed by atoms with van der Waals surface area (Å²) in [6.07, 6.45) is 2.71. The van der Waals surface area contributed by atoms with Crippen LogP contribution in [0.1, 0.15) is 12.6 Å². The topological polar surface area (TPSA) is 91.4 Å². The first-order valence-corrected chi connectivity index (χ1v) is 12.6. The fraction of sp³-hybridized carbons (Fsp3) is 0.370. The molecule has 4 heterocycles. The van der Waals surface area contributed by atoms with Crippen molar-refractivity contribution in [3.05, 3.63) is 60.4 Å². The van der Waals surface area contributed by atoms with E-state index in [1.165, 1.54) is 5.69 Å². The molecule has 0 aliphatic carbocycles. The first-order chi connectivity index (χ1) is 17.5. The average Bonchev–Trinajstić information content (AvgIpc) is 3.26. The number of hydrogen-bond acceptors (Lipinski definition) is 8. The van der Waals surface area contributed by atoms with Gasteiger partial charge in [-0.3, -0.25) is 9.47 Å². The molecule has 1 fully saturated rings. The molecule has 1 aromatic carbocycles. The molecular weight excluding hydrogens is 450 g/mol. The van der Waals surface area contributed by atoms with Gasteiger partial charge >= 0.3 is 0 Å². The van der Waals surface area contributed by atoms with Gasteiger partial charge in [-0.15, -0.1) is 0 Å². The Bertz CT molecular complexity index is 1300. The number of nitrogens with one attached hydrogen (secondary N) is 1. The van der Waals surface area contributed by atoms with E-state index in [0.29, 0.717) is 11.8 Å². The largest absolute Gasteiger partial charge is 0.384 e. The van der Waals surface area contributed by atoms with Gasteiger partial charge in [-0.05, 0) is 63.0 Å². The van der Waals surface area contributed by atoms with Crippen molar-refractivity contribution in [1.29, 1.82) is 0 Å². The lowest BCUT2D eigenvalue weighted by atomic mass is 10.2. The molecule has 3 N–H and O–H groups in total. The Balaban J connectivity index is 1.30. The van der Waals surface area contributed by atoms with Gasteiger partial charge in [-0.25, -0.2) is 9.97 Å². The molecule has 0 radical (unpaired) electrons. The summed E-state index contributed by atoms with van der Waals surface area (Å²) in [5.74, 6) is 1.80. The van der Waals surface area contributed by atoms with Crippen LogP contribution in [-0.2, 0) is 6.42 Å². The van der Waals surface area contributed by atoms with Gasteiger partial charge in [0.2, 0.25) is 5.95 Å². The molecule has 1 aliphatic rings. The van der Waals surface area contributed by atoms with E-state index in [1.54, 1.807) is 6.07 Å². The van der Waals surface area contributed by atoms with Crippen LogP contribution in [0.5, 0.6) is 0 Å². The van der Waals surface area contributed by atoms with E-state index >= 15 is 0 Å². The number of rotatable bonds is 8. The third-order valence-electron chi connectivity index (χ3n) is 6.69. The van der Waals surface area contributed by atoms with Crippen LogP contribution in [0.4, 0.5) is 23.1 Å². The normalized spacial score (nSPS) is 14.6. The Morgan fingerprint density at radius 2 is 1.78 bits per heavy atom. The fourth-order valence-electron chi connectivity index (χ4n) is 4.64. The molecule has 0 amide bonds. The maximum atomic E-state index is 5.95. The molecule has 0 saturated carbocycles. The highest BCUT2D eigenvalue weighted by Crippen LogP contribution is 2.25. The Kier molecular flexibility index (Phi) is 7.02. The van der Waals surface area contributed by atoms with Crippen molar-refractivity contribution in [2.45, 2.75) is 13.3 Å². The Hall–Kier alpha value is -3.69. The third kappa shape index (κ3) is 5.27. The lowest BCUT2D eigenvalue weighted by Gasteiger charge is -2.36. The van der Waals surface area contributed by atoms with Gasteiger partial charge in [0.1, 0.15) is 11.6 Å². The highest BCUT2D eigenvalue weighted by molar-refractivity contribution is 5.80. The van der Waals surface area contributed by atoms with Crippen molar-refractivity contribution < 1.29 is 0 Å². The summed E-state index contributed by atoms with van der Waals surface area (Å²) >= 11 is 0. The molecule has 0 spiro atoms. The van der Waals surface area contributed by atoms with E-state index in [4.69, 9.17) is 10.7 Å². The number of likely N-dealkylation sites (N-methyl/N-ethyl adjacent to an activating group) is 1. The van der Waals surface area contributed by atoms with E-state index in [2.05, 4.69) is 85.9 Å². The van der Waals surface area contributed by atoms with Gasteiger partial charge in [0.25, 0.3) is 0 Å². The maximum absolute atomic E-state index is 5.95. The van der Waals surface area contributed by atoms with Crippen LogP contribution in [0.3, 0.4) is 0 Å². The van der Waals surface area contributed by atoms with E-state index < -0.39 is 0 Å². The second-order valence-electron chi connectivity index (χ2n) is 9.52. The summed E-state index contributed by atoms with van der Waals surface area (Å²) in [6.45, 7) is 8.66. The van der Waals surface area contributed by atoms with E-state index in [9.17, 15) is 0 Å². The number of nitrogens with two attached hydrogens (primary N) is 1. The number of nitrogens with zero attached hydrogens (tertiary/aromatic N) is 7. The number of piperazine rings is 1. The zero-order valence-corrected chi connectivity index (χ0v) is 21.4. The molecule has 36 heavy (non-hydrogen) atoms. The summed E-state index contributed by atoms with van der Waals surface area (Å²) in [4.78, 5) is 21.1. The lowest BCUT2D eigenvalue weighted by Crippen LogP contribution is -2.48. The van der Waals surface area contributed by atoms with Gasteiger partial charge in [-0.2, -0.15) is 4.98 Å². The van der Waals surface area contributed by atoms with E-state index in [0.717, 1.165) is 73.9 Å². The second kappa shape index (κ2) is 10.5. The van der Waals surface area contributed by atoms with Gasteiger partial charge in [0.15, 0.2) is 5.65 Å². The molecule has 0 bridgehead atoms. The Morgan fingerprint density at radius 1 is 1.00 bits per heavy atom. The van der Waals surface area contributed by atoms with Crippen molar-refractivity contribution in [2.24, 2.45) is 0 Å². The third-order valence-corrected chi connectivity index (χ3v) is 6.69. The number of hydrogen-bond donors (Lipinski definition) is 2. The summed E-state index contributed by atoms with van der Waals surface area (Å²) in [5.41, 5.74) is 10.1. The number of nitrogen functional groups attached to an aromatic ring is 1. The molecule has 4 aromatic rings. The van der Waals surface area contributed by atoms with Crippen LogP contribution in [0, 0.1) is 0 Å². The minimum atomic E-state index is 0.485. The number of fused-ring (bicyclic) bond motifs is 1. The van der Waals surface area contributed by atoms with Crippen LogP contribution < -0.4 is 16.0 Å². The van der Waals surface area contributed by atoms with Gasteiger partial charge < -0.3 is 20.9 Å². The molecule has 1 aliphatic heterocycles. The number of pyridine rings is 1. The number of aryl methyl sites for hydroxylation is 1. The van der Waals surface area contributed by atoms with Gasteiger partial charge in [-0.1, -0.05) is 13.0 Å². The summed E-state index contributed by atoms with van der Waals surface area (Å²) in [6, 6.07) is 16.3. The highest BCUT2D eigenvalue weighted by Gasteiger charge is 2.17. The molecule has 0 atom stereocenters. The Labute approximate surface area is 212 Å². The second-order valence-corrected chi connectivity index (χ2v) is 9.52. The Morgan fingerprint density at radius 3 is 2.47 bits per heavy atom. The standard InChI is InChI=1S/C27H35N9/c1-4-22-18-20-19-29-27(32-26(20)36(22)25-7-5-6-24(28)31-25)30-21-8-10-23(11-9-21)35-16-14-34(15-17-35)13-12-33(2)3/h5-11,18-19H,4,12-17H2,1-3H3,(H2,28,31)(H,29,30,32). The van der Waals surface area contributed by atoms with Crippen molar-refractivity contribution in [3.63, 3.8) is 0 Å². The molecule has 0 unspecified atom stereocenters. The van der Waals surface area contributed by atoms with Crippen LogP contribution >= 0.6 is 0 Å². The van der Waals surface area contributed by atoms with Crippen LogP contribution in [0.2, 0.25) is 0 Å². The lowest BCUT2D eigenvalue weighted by molar-refractivity contribution is 0.229. The van der Waals surface area contributed by atoms with Crippen molar-refractivity contribution >= 4 is 34.2 Å². The molecule has 5 rings (SSSR count). The monoisotopic (exact) mass is 485 g/mol.